The number of Topliss-reactive ketones (excluding diaryl/α,β-unsaturated/α-hetero) is 1. The summed E-state index contributed by atoms with van der Waals surface area (Å²) < 4.78 is 0. The Labute approximate surface area is 73.0 Å². The fourth-order valence-corrected chi connectivity index (χ4v) is 1.65. The van der Waals surface area contributed by atoms with Gasteiger partial charge in [-0.25, -0.2) is 0 Å². The van der Waals surface area contributed by atoms with Crippen molar-refractivity contribution in [3.63, 3.8) is 0 Å². The summed E-state index contributed by atoms with van der Waals surface area (Å²) in [5.41, 5.74) is -0.939. The summed E-state index contributed by atoms with van der Waals surface area (Å²) in [7, 11) is 0. The van der Waals surface area contributed by atoms with E-state index in [1.165, 1.54) is 0 Å². The van der Waals surface area contributed by atoms with Crippen LogP contribution in [0.2, 0.25) is 0 Å². The molecule has 0 aromatic heterocycles. The second-order valence-corrected chi connectivity index (χ2v) is 3.56. The number of hydrogen-bond donors (Lipinski definition) is 1. The van der Waals surface area contributed by atoms with Crippen molar-refractivity contribution in [3.8, 4) is 12.3 Å². The van der Waals surface area contributed by atoms with Gasteiger partial charge in [0.1, 0.15) is 11.4 Å². The molecule has 2 nitrogen and oxygen atoms in total. The quantitative estimate of drug-likeness (QED) is 0.593. The van der Waals surface area contributed by atoms with Gasteiger partial charge in [-0.2, -0.15) is 0 Å². The SMILES string of the molecule is C#CC1(O)CCC(C(C)=O)CC1. The molecule has 0 spiro atoms. The zero-order valence-electron chi connectivity index (χ0n) is 7.34. The van der Waals surface area contributed by atoms with Gasteiger partial charge in [-0.1, -0.05) is 5.92 Å². The lowest BCUT2D eigenvalue weighted by Gasteiger charge is -2.30. The Balaban J connectivity index is 2.51. The molecule has 0 heterocycles. The van der Waals surface area contributed by atoms with Crippen LogP contribution < -0.4 is 0 Å². The number of aliphatic hydroxyl groups is 1. The van der Waals surface area contributed by atoms with Crippen molar-refractivity contribution in [2.75, 3.05) is 0 Å². The molecule has 1 aliphatic carbocycles. The van der Waals surface area contributed by atoms with Crippen molar-refractivity contribution in [3.05, 3.63) is 0 Å². The third-order valence-electron chi connectivity index (χ3n) is 2.66. The summed E-state index contributed by atoms with van der Waals surface area (Å²) >= 11 is 0. The van der Waals surface area contributed by atoms with Crippen LogP contribution in [0, 0.1) is 18.3 Å². The summed E-state index contributed by atoms with van der Waals surface area (Å²) in [6.45, 7) is 1.60. The van der Waals surface area contributed by atoms with E-state index >= 15 is 0 Å². The van der Waals surface area contributed by atoms with Crippen LogP contribution in [-0.4, -0.2) is 16.5 Å². The van der Waals surface area contributed by atoms with Crippen molar-refractivity contribution in [2.45, 2.75) is 38.2 Å². The Morgan fingerprint density at radius 2 is 2.08 bits per heavy atom. The molecule has 1 saturated carbocycles. The third-order valence-corrected chi connectivity index (χ3v) is 2.66. The van der Waals surface area contributed by atoms with Gasteiger partial charge in [0.25, 0.3) is 0 Å². The van der Waals surface area contributed by atoms with Crippen LogP contribution >= 0.6 is 0 Å². The maximum absolute atomic E-state index is 11.0. The normalized spacial score (nSPS) is 35.6. The van der Waals surface area contributed by atoms with Crippen LogP contribution in [0.5, 0.6) is 0 Å². The molecule has 1 N–H and O–H groups in total. The average Bonchev–Trinajstić information content (AvgIpc) is 2.05. The fraction of sp³-hybridized carbons (Fsp3) is 0.700. The van der Waals surface area contributed by atoms with E-state index < -0.39 is 5.60 Å². The highest BCUT2D eigenvalue weighted by atomic mass is 16.3. The second-order valence-electron chi connectivity index (χ2n) is 3.56. The minimum Gasteiger partial charge on any atom is -0.378 e. The van der Waals surface area contributed by atoms with E-state index in [1.807, 2.05) is 0 Å². The monoisotopic (exact) mass is 166 g/mol. The first-order valence-electron chi connectivity index (χ1n) is 4.28. The molecule has 0 bridgehead atoms. The van der Waals surface area contributed by atoms with E-state index in [0.29, 0.717) is 12.8 Å². The van der Waals surface area contributed by atoms with Crippen LogP contribution in [-0.2, 0) is 4.79 Å². The number of ketones is 1. The molecule has 0 saturated heterocycles. The van der Waals surface area contributed by atoms with E-state index in [-0.39, 0.29) is 11.7 Å². The molecule has 0 unspecified atom stereocenters. The van der Waals surface area contributed by atoms with E-state index in [1.54, 1.807) is 6.92 Å². The molecule has 0 aliphatic heterocycles. The number of carbonyl (C=O) groups is 1. The molecular formula is C10H14O2. The van der Waals surface area contributed by atoms with Crippen LogP contribution in [0.25, 0.3) is 0 Å². The number of rotatable bonds is 1. The van der Waals surface area contributed by atoms with Gasteiger partial charge in [0.15, 0.2) is 0 Å². The predicted molar refractivity (Wildman–Crippen MR) is 46.4 cm³/mol. The summed E-state index contributed by atoms with van der Waals surface area (Å²) in [5, 5.41) is 9.63. The van der Waals surface area contributed by atoms with Gasteiger partial charge in [-0.3, -0.25) is 4.79 Å². The van der Waals surface area contributed by atoms with Crippen LogP contribution in [0.15, 0.2) is 0 Å². The molecule has 66 valence electrons. The minimum absolute atomic E-state index is 0.124. The molecule has 1 rings (SSSR count). The maximum atomic E-state index is 11.0. The highest BCUT2D eigenvalue weighted by Crippen LogP contribution is 2.31. The van der Waals surface area contributed by atoms with E-state index in [9.17, 15) is 9.90 Å². The van der Waals surface area contributed by atoms with Gasteiger partial charge < -0.3 is 5.11 Å². The van der Waals surface area contributed by atoms with Gasteiger partial charge in [0.05, 0.1) is 0 Å². The predicted octanol–water partition coefficient (Wildman–Crippen LogP) is 1.13. The molecule has 0 radical (unpaired) electrons. The third kappa shape index (κ3) is 1.86. The highest BCUT2D eigenvalue weighted by molar-refractivity contribution is 5.78. The van der Waals surface area contributed by atoms with Crippen LogP contribution in [0.3, 0.4) is 0 Å². The molecule has 0 amide bonds. The molecule has 2 heteroatoms. The van der Waals surface area contributed by atoms with Crippen molar-refractivity contribution in [1.82, 2.24) is 0 Å². The van der Waals surface area contributed by atoms with Crippen molar-refractivity contribution >= 4 is 5.78 Å². The molecular weight excluding hydrogens is 152 g/mol. The Morgan fingerprint density at radius 1 is 1.58 bits per heavy atom. The first-order chi connectivity index (χ1) is 5.57. The summed E-state index contributed by atoms with van der Waals surface area (Å²) in [4.78, 5) is 11.0. The largest absolute Gasteiger partial charge is 0.378 e. The first-order valence-corrected chi connectivity index (χ1v) is 4.28. The Hall–Kier alpha value is -0.810. The van der Waals surface area contributed by atoms with Crippen LogP contribution in [0.1, 0.15) is 32.6 Å². The van der Waals surface area contributed by atoms with Crippen molar-refractivity contribution in [2.24, 2.45) is 5.92 Å². The lowest BCUT2D eigenvalue weighted by Crippen LogP contribution is -2.33. The lowest BCUT2D eigenvalue weighted by atomic mass is 9.78. The zero-order valence-corrected chi connectivity index (χ0v) is 7.34. The average molecular weight is 166 g/mol. The molecule has 1 aliphatic rings. The zero-order chi connectivity index (χ0) is 9.19. The van der Waals surface area contributed by atoms with Crippen molar-refractivity contribution in [1.29, 1.82) is 0 Å². The summed E-state index contributed by atoms with van der Waals surface area (Å²) in [6.07, 6.45) is 7.76. The maximum Gasteiger partial charge on any atom is 0.132 e. The van der Waals surface area contributed by atoms with Gasteiger partial charge in [0.2, 0.25) is 0 Å². The van der Waals surface area contributed by atoms with Crippen molar-refractivity contribution < 1.29 is 9.90 Å². The molecule has 12 heavy (non-hydrogen) atoms. The summed E-state index contributed by atoms with van der Waals surface area (Å²) in [5.74, 6) is 2.72. The smallest absolute Gasteiger partial charge is 0.132 e. The van der Waals surface area contributed by atoms with E-state index in [0.717, 1.165) is 12.8 Å². The van der Waals surface area contributed by atoms with Gasteiger partial charge >= 0.3 is 0 Å². The molecule has 0 atom stereocenters. The van der Waals surface area contributed by atoms with Gasteiger partial charge in [0, 0.05) is 5.92 Å². The van der Waals surface area contributed by atoms with Gasteiger partial charge in [-0.15, -0.1) is 6.42 Å². The van der Waals surface area contributed by atoms with E-state index in [2.05, 4.69) is 5.92 Å². The Kier molecular flexibility index (Phi) is 2.54. The Bertz CT molecular complexity index is 216. The standard InChI is InChI=1S/C10H14O2/c1-3-10(12)6-4-9(5-7-10)8(2)11/h1,9,12H,4-7H2,2H3. The number of hydrogen-bond acceptors (Lipinski definition) is 2. The van der Waals surface area contributed by atoms with Gasteiger partial charge in [-0.05, 0) is 32.6 Å². The first kappa shape index (κ1) is 9.28. The second kappa shape index (κ2) is 3.28. The minimum atomic E-state index is -0.939. The molecule has 0 aromatic carbocycles. The summed E-state index contributed by atoms with van der Waals surface area (Å²) in [6, 6.07) is 0. The lowest BCUT2D eigenvalue weighted by molar-refractivity contribution is -0.122. The van der Waals surface area contributed by atoms with Crippen LogP contribution in [0.4, 0.5) is 0 Å². The number of carbonyl (C=O) groups excluding carboxylic acids is 1. The topological polar surface area (TPSA) is 37.3 Å². The molecule has 1 fully saturated rings. The fourth-order valence-electron chi connectivity index (χ4n) is 1.65. The Morgan fingerprint density at radius 3 is 2.42 bits per heavy atom. The highest BCUT2D eigenvalue weighted by Gasteiger charge is 2.32. The number of terminal acetylenes is 1. The molecule has 0 aromatic rings. The van der Waals surface area contributed by atoms with E-state index in [4.69, 9.17) is 6.42 Å².